The van der Waals surface area contributed by atoms with Gasteiger partial charge in [0.15, 0.2) is 0 Å². The zero-order valence-corrected chi connectivity index (χ0v) is 12.3. The molecule has 1 unspecified atom stereocenters. The summed E-state index contributed by atoms with van der Waals surface area (Å²) in [4.78, 5) is 0. The third kappa shape index (κ3) is 4.03. The summed E-state index contributed by atoms with van der Waals surface area (Å²) in [5, 5.41) is 0.176. The fourth-order valence-corrected chi connectivity index (χ4v) is 3.06. The first kappa shape index (κ1) is 14.6. The molecule has 0 aliphatic rings. The standard InChI is InChI=1S/C16H25Cl/c1-5-7-14(8-6-2)16(17)15-10-9-12(3)11-13(15)4/h9-11,14,16H,5-8H2,1-4H3. The Bertz CT molecular complexity index is 337. The van der Waals surface area contributed by atoms with E-state index in [1.54, 1.807) is 0 Å². The van der Waals surface area contributed by atoms with E-state index in [0.29, 0.717) is 5.92 Å². The molecule has 0 heterocycles. The smallest absolute Gasteiger partial charge is 0.0615 e. The molecule has 1 aromatic rings. The molecule has 0 nitrogen and oxygen atoms in total. The normalized spacial score (nSPS) is 13.1. The summed E-state index contributed by atoms with van der Waals surface area (Å²) in [7, 11) is 0. The van der Waals surface area contributed by atoms with E-state index in [1.165, 1.54) is 42.4 Å². The second-order valence-electron chi connectivity index (χ2n) is 5.10. The van der Waals surface area contributed by atoms with E-state index < -0.39 is 0 Å². The van der Waals surface area contributed by atoms with Crippen LogP contribution in [0.1, 0.15) is 61.6 Å². The SMILES string of the molecule is CCCC(CCC)C(Cl)c1ccc(C)cc1C. The van der Waals surface area contributed by atoms with Crippen LogP contribution in [0.25, 0.3) is 0 Å². The van der Waals surface area contributed by atoms with Gasteiger partial charge in [0.1, 0.15) is 0 Å². The Morgan fingerprint density at radius 2 is 1.65 bits per heavy atom. The van der Waals surface area contributed by atoms with Gasteiger partial charge in [0.05, 0.1) is 5.38 Å². The Labute approximate surface area is 111 Å². The summed E-state index contributed by atoms with van der Waals surface area (Å²) in [6.07, 6.45) is 4.90. The highest BCUT2D eigenvalue weighted by Crippen LogP contribution is 2.36. The fraction of sp³-hybridized carbons (Fsp3) is 0.625. The monoisotopic (exact) mass is 252 g/mol. The molecule has 0 aromatic heterocycles. The van der Waals surface area contributed by atoms with Crippen molar-refractivity contribution in [1.29, 1.82) is 0 Å². The van der Waals surface area contributed by atoms with Gasteiger partial charge in [0.2, 0.25) is 0 Å². The zero-order chi connectivity index (χ0) is 12.8. The van der Waals surface area contributed by atoms with Crippen LogP contribution in [-0.2, 0) is 0 Å². The lowest BCUT2D eigenvalue weighted by atomic mass is 9.88. The molecule has 0 radical (unpaired) electrons. The molecule has 0 N–H and O–H groups in total. The van der Waals surface area contributed by atoms with Crippen molar-refractivity contribution in [3.05, 3.63) is 34.9 Å². The maximum atomic E-state index is 6.69. The van der Waals surface area contributed by atoms with Gasteiger partial charge in [-0.3, -0.25) is 0 Å². The van der Waals surface area contributed by atoms with Gasteiger partial charge in [-0.25, -0.2) is 0 Å². The highest BCUT2D eigenvalue weighted by molar-refractivity contribution is 6.21. The summed E-state index contributed by atoms with van der Waals surface area (Å²) < 4.78 is 0. The van der Waals surface area contributed by atoms with Gasteiger partial charge in [-0.15, -0.1) is 11.6 Å². The Morgan fingerprint density at radius 1 is 1.06 bits per heavy atom. The van der Waals surface area contributed by atoms with Crippen molar-refractivity contribution < 1.29 is 0 Å². The van der Waals surface area contributed by atoms with Crippen LogP contribution in [0.15, 0.2) is 18.2 Å². The van der Waals surface area contributed by atoms with Crippen LogP contribution in [0, 0.1) is 19.8 Å². The van der Waals surface area contributed by atoms with Crippen LogP contribution < -0.4 is 0 Å². The maximum absolute atomic E-state index is 6.69. The molecule has 0 aliphatic carbocycles. The first-order valence-electron chi connectivity index (χ1n) is 6.81. The molecule has 1 rings (SSSR count). The number of alkyl halides is 1. The topological polar surface area (TPSA) is 0 Å². The predicted octanol–water partition coefficient (Wildman–Crippen LogP) is 5.80. The van der Waals surface area contributed by atoms with Gasteiger partial charge in [-0.2, -0.15) is 0 Å². The van der Waals surface area contributed by atoms with Gasteiger partial charge in [-0.1, -0.05) is 50.5 Å². The van der Waals surface area contributed by atoms with E-state index in [4.69, 9.17) is 11.6 Å². The van der Waals surface area contributed by atoms with Crippen LogP contribution in [0.2, 0.25) is 0 Å². The molecule has 1 atom stereocenters. The summed E-state index contributed by atoms with van der Waals surface area (Å²) in [6.45, 7) is 8.80. The van der Waals surface area contributed by atoms with Crippen molar-refractivity contribution in [2.75, 3.05) is 0 Å². The Kier molecular flexibility index (Phi) is 6.05. The summed E-state index contributed by atoms with van der Waals surface area (Å²) in [6, 6.07) is 6.62. The lowest BCUT2D eigenvalue weighted by Crippen LogP contribution is -2.09. The average molecular weight is 253 g/mol. The molecule has 96 valence electrons. The first-order chi connectivity index (χ1) is 8.10. The second kappa shape index (κ2) is 7.06. The van der Waals surface area contributed by atoms with Crippen molar-refractivity contribution in [2.24, 2.45) is 5.92 Å². The van der Waals surface area contributed by atoms with E-state index in [9.17, 15) is 0 Å². The van der Waals surface area contributed by atoms with Crippen molar-refractivity contribution >= 4 is 11.6 Å². The minimum Gasteiger partial charge on any atom is -0.118 e. The molecular weight excluding hydrogens is 228 g/mol. The van der Waals surface area contributed by atoms with Crippen molar-refractivity contribution in [2.45, 2.75) is 58.8 Å². The van der Waals surface area contributed by atoms with E-state index in [-0.39, 0.29) is 5.38 Å². The predicted molar refractivity (Wildman–Crippen MR) is 77.8 cm³/mol. The van der Waals surface area contributed by atoms with E-state index in [1.807, 2.05) is 0 Å². The highest BCUT2D eigenvalue weighted by Gasteiger charge is 2.20. The number of hydrogen-bond acceptors (Lipinski definition) is 0. The zero-order valence-electron chi connectivity index (χ0n) is 11.6. The van der Waals surface area contributed by atoms with E-state index in [2.05, 4.69) is 45.9 Å². The molecule has 0 bridgehead atoms. The number of halogens is 1. The van der Waals surface area contributed by atoms with Crippen LogP contribution >= 0.6 is 11.6 Å². The molecular formula is C16H25Cl. The van der Waals surface area contributed by atoms with Gasteiger partial charge in [0, 0.05) is 0 Å². The number of rotatable bonds is 6. The minimum absolute atomic E-state index is 0.176. The lowest BCUT2D eigenvalue weighted by molar-refractivity contribution is 0.425. The Hall–Kier alpha value is -0.490. The summed E-state index contributed by atoms with van der Waals surface area (Å²) >= 11 is 6.69. The molecule has 17 heavy (non-hydrogen) atoms. The number of hydrogen-bond donors (Lipinski definition) is 0. The molecule has 0 spiro atoms. The maximum Gasteiger partial charge on any atom is 0.0615 e. The largest absolute Gasteiger partial charge is 0.118 e. The molecule has 0 saturated heterocycles. The second-order valence-corrected chi connectivity index (χ2v) is 5.57. The molecule has 0 saturated carbocycles. The highest BCUT2D eigenvalue weighted by atomic mass is 35.5. The van der Waals surface area contributed by atoms with Crippen LogP contribution in [-0.4, -0.2) is 0 Å². The third-order valence-corrected chi connectivity index (χ3v) is 4.05. The molecule has 0 fully saturated rings. The summed E-state index contributed by atoms with van der Waals surface area (Å²) in [5.41, 5.74) is 3.98. The molecule has 1 aromatic carbocycles. The van der Waals surface area contributed by atoms with Crippen molar-refractivity contribution in [3.8, 4) is 0 Å². The summed E-state index contributed by atoms with van der Waals surface area (Å²) in [5.74, 6) is 0.619. The molecule has 0 aliphatic heterocycles. The minimum atomic E-state index is 0.176. The van der Waals surface area contributed by atoms with Gasteiger partial charge < -0.3 is 0 Å². The Morgan fingerprint density at radius 3 is 2.12 bits per heavy atom. The number of aryl methyl sites for hydroxylation is 2. The average Bonchev–Trinajstić information content (AvgIpc) is 2.28. The van der Waals surface area contributed by atoms with Gasteiger partial charge in [-0.05, 0) is 43.7 Å². The first-order valence-corrected chi connectivity index (χ1v) is 7.25. The van der Waals surface area contributed by atoms with Gasteiger partial charge in [0.25, 0.3) is 0 Å². The van der Waals surface area contributed by atoms with Crippen LogP contribution in [0.3, 0.4) is 0 Å². The lowest BCUT2D eigenvalue weighted by Gasteiger charge is -2.23. The molecule has 0 amide bonds. The van der Waals surface area contributed by atoms with Crippen molar-refractivity contribution in [3.63, 3.8) is 0 Å². The number of benzene rings is 1. The third-order valence-electron chi connectivity index (χ3n) is 3.46. The van der Waals surface area contributed by atoms with Crippen LogP contribution in [0.4, 0.5) is 0 Å². The van der Waals surface area contributed by atoms with Crippen molar-refractivity contribution in [1.82, 2.24) is 0 Å². The van der Waals surface area contributed by atoms with E-state index in [0.717, 1.165) is 0 Å². The Balaban J connectivity index is 2.88. The quantitative estimate of drug-likeness (QED) is 0.562. The van der Waals surface area contributed by atoms with Gasteiger partial charge >= 0.3 is 0 Å². The molecule has 1 heteroatoms. The van der Waals surface area contributed by atoms with E-state index >= 15 is 0 Å². The van der Waals surface area contributed by atoms with Crippen LogP contribution in [0.5, 0.6) is 0 Å². The fourth-order valence-electron chi connectivity index (χ4n) is 2.57.